The zero-order chi connectivity index (χ0) is 40.0. The minimum Gasteiger partial charge on any atom is -0.508 e. The molecule has 58 heavy (non-hydrogen) atoms. The number of fused-ring (bicyclic) bond motifs is 3. The Balaban J connectivity index is 1.14. The molecule has 4 aromatic carbocycles. The van der Waals surface area contributed by atoms with Gasteiger partial charge in [-0.25, -0.2) is 0 Å². The fraction of sp³-hybridized carbons (Fsp3) is 0.333. The van der Waals surface area contributed by atoms with Crippen molar-refractivity contribution in [1.29, 1.82) is 0 Å². The van der Waals surface area contributed by atoms with E-state index in [1.807, 2.05) is 23.1 Å². The van der Waals surface area contributed by atoms with E-state index in [2.05, 4.69) is 21.6 Å². The predicted molar refractivity (Wildman–Crippen MR) is 210 cm³/mol. The number of aromatic hydroxyl groups is 1. The molecule has 1 aromatic heterocycles. The number of hydrogen-bond donors (Lipinski definition) is 1. The molecular weight excluding hydrogens is 750 g/mol. The molecule has 1 saturated heterocycles. The molecular formula is C45H43F3N4O6. The van der Waals surface area contributed by atoms with Crippen molar-refractivity contribution >= 4 is 17.5 Å². The molecule has 0 radical (unpaired) electrons. The van der Waals surface area contributed by atoms with Crippen molar-refractivity contribution in [2.75, 3.05) is 44.5 Å². The number of nitrogens with zero attached hydrogens (tertiary/aromatic N) is 4. The first-order chi connectivity index (χ1) is 28.1. The molecule has 2 amide bonds. The van der Waals surface area contributed by atoms with E-state index in [9.17, 15) is 23.1 Å². The quantitative estimate of drug-likeness (QED) is 0.172. The summed E-state index contributed by atoms with van der Waals surface area (Å²) in [5, 5.41) is 10.1. The lowest BCUT2D eigenvalue weighted by Crippen LogP contribution is -2.52. The summed E-state index contributed by atoms with van der Waals surface area (Å²) in [6, 6.07) is 24.5. The normalized spacial score (nSPS) is 17.8. The maximum Gasteiger partial charge on any atom is 0.416 e. The third kappa shape index (κ3) is 7.28. The van der Waals surface area contributed by atoms with E-state index in [4.69, 9.17) is 14.2 Å². The number of phenolic OH excluding ortho intramolecular Hbond substituents is 1. The minimum atomic E-state index is -4.64. The van der Waals surface area contributed by atoms with Crippen molar-refractivity contribution in [2.24, 2.45) is 0 Å². The van der Waals surface area contributed by atoms with Crippen LogP contribution in [0.4, 0.5) is 18.9 Å². The Hall–Kier alpha value is -5.79. The highest BCUT2D eigenvalue weighted by Gasteiger charge is 2.37. The Morgan fingerprint density at radius 1 is 0.828 bits per heavy atom. The van der Waals surface area contributed by atoms with E-state index in [0.29, 0.717) is 85.3 Å². The van der Waals surface area contributed by atoms with Gasteiger partial charge in [-0.3, -0.25) is 14.5 Å². The second-order valence-electron chi connectivity index (χ2n) is 15.3. The van der Waals surface area contributed by atoms with Crippen LogP contribution in [0.1, 0.15) is 61.5 Å². The van der Waals surface area contributed by atoms with Crippen molar-refractivity contribution < 1.29 is 42.1 Å². The summed E-state index contributed by atoms with van der Waals surface area (Å²) in [6.07, 6.45) is -1.74. The van der Waals surface area contributed by atoms with Crippen LogP contribution in [0.3, 0.4) is 0 Å². The van der Waals surface area contributed by atoms with Crippen molar-refractivity contribution in [2.45, 2.75) is 57.5 Å². The van der Waals surface area contributed by atoms with Crippen LogP contribution in [0.15, 0.2) is 91.0 Å². The lowest BCUT2D eigenvalue weighted by Gasteiger charge is -2.40. The van der Waals surface area contributed by atoms with E-state index in [-0.39, 0.29) is 36.6 Å². The number of alkyl halides is 3. The van der Waals surface area contributed by atoms with Crippen LogP contribution in [0.2, 0.25) is 0 Å². The van der Waals surface area contributed by atoms with Gasteiger partial charge in [0, 0.05) is 61.4 Å². The third-order valence-corrected chi connectivity index (χ3v) is 11.8. The maximum atomic E-state index is 15.2. The van der Waals surface area contributed by atoms with Gasteiger partial charge < -0.3 is 33.7 Å². The van der Waals surface area contributed by atoms with Crippen molar-refractivity contribution in [1.82, 2.24) is 14.4 Å². The van der Waals surface area contributed by atoms with Crippen LogP contribution in [0, 0.1) is 0 Å². The smallest absolute Gasteiger partial charge is 0.416 e. The van der Waals surface area contributed by atoms with E-state index < -0.39 is 17.6 Å². The van der Waals surface area contributed by atoms with Gasteiger partial charge in [0.05, 0.1) is 36.4 Å². The van der Waals surface area contributed by atoms with Crippen LogP contribution >= 0.6 is 0 Å². The largest absolute Gasteiger partial charge is 0.508 e. The van der Waals surface area contributed by atoms with Gasteiger partial charge in [0.1, 0.15) is 5.75 Å². The molecule has 0 spiro atoms. The lowest BCUT2D eigenvalue weighted by molar-refractivity contribution is -0.138. The fourth-order valence-electron chi connectivity index (χ4n) is 8.80. The monoisotopic (exact) mass is 792 g/mol. The van der Waals surface area contributed by atoms with Crippen LogP contribution < -0.4 is 14.4 Å². The highest BCUT2D eigenvalue weighted by Crippen LogP contribution is 2.43. The van der Waals surface area contributed by atoms with Gasteiger partial charge in [0.2, 0.25) is 6.79 Å². The van der Waals surface area contributed by atoms with Gasteiger partial charge >= 0.3 is 6.18 Å². The number of carbonyl (C=O) groups excluding carboxylic acids is 2. The van der Waals surface area contributed by atoms with Gasteiger partial charge in [-0.1, -0.05) is 42.5 Å². The fourth-order valence-corrected chi connectivity index (χ4v) is 8.80. The number of halogens is 3. The molecule has 0 saturated carbocycles. The number of ether oxygens (including phenoxy) is 3. The number of benzene rings is 4. The summed E-state index contributed by atoms with van der Waals surface area (Å²) in [4.78, 5) is 35.8. The zero-order valence-corrected chi connectivity index (χ0v) is 31.8. The topological polar surface area (TPSA) is 96.7 Å². The number of hydrogen-bond acceptors (Lipinski definition) is 7. The Bertz CT molecular complexity index is 2350. The number of carbonyl (C=O) groups is 2. The van der Waals surface area contributed by atoms with E-state index in [0.717, 1.165) is 43.3 Å². The van der Waals surface area contributed by atoms with E-state index >= 15 is 4.79 Å². The van der Waals surface area contributed by atoms with Crippen molar-refractivity contribution in [3.05, 3.63) is 130 Å². The summed E-state index contributed by atoms with van der Waals surface area (Å²) < 4.78 is 62.1. The molecule has 5 aromatic rings. The molecule has 4 aliphatic heterocycles. The van der Waals surface area contributed by atoms with Gasteiger partial charge in [-0.05, 0) is 90.9 Å². The molecule has 1 fully saturated rings. The van der Waals surface area contributed by atoms with Gasteiger partial charge in [0.15, 0.2) is 11.5 Å². The molecule has 5 heterocycles. The van der Waals surface area contributed by atoms with E-state index in [1.165, 1.54) is 52.9 Å². The number of amides is 2. The van der Waals surface area contributed by atoms with Crippen LogP contribution in [0.5, 0.6) is 17.2 Å². The highest BCUT2D eigenvalue weighted by molar-refractivity contribution is 6.09. The number of phenols is 1. The second-order valence-corrected chi connectivity index (χ2v) is 15.3. The number of morpholine rings is 1. The molecule has 4 aliphatic rings. The molecule has 9 rings (SSSR count). The molecule has 0 bridgehead atoms. The minimum absolute atomic E-state index is 0.000149. The molecule has 10 nitrogen and oxygen atoms in total. The van der Waals surface area contributed by atoms with Gasteiger partial charge in [-0.15, -0.1) is 0 Å². The summed E-state index contributed by atoms with van der Waals surface area (Å²) in [5.74, 6) is 0.229. The number of rotatable bonds is 8. The molecule has 13 heteroatoms. The van der Waals surface area contributed by atoms with Gasteiger partial charge in [-0.2, -0.15) is 13.2 Å². The summed E-state index contributed by atoms with van der Waals surface area (Å²) in [5.41, 5.74) is 4.45. The molecule has 1 unspecified atom stereocenters. The second kappa shape index (κ2) is 15.5. The van der Waals surface area contributed by atoms with Crippen molar-refractivity contribution in [3.63, 3.8) is 0 Å². The molecule has 300 valence electrons. The Morgan fingerprint density at radius 2 is 1.55 bits per heavy atom. The van der Waals surface area contributed by atoms with Gasteiger partial charge in [0.25, 0.3) is 11.8 Å². The summed E-state index contributed by atoms with van der Waals surface area (Å²) in [7, 11) is 0. The Morgan fingerprint density at radius 3 is 2.33 bits per heavy atom. The standard InChI is InChI=1S/C45H43F3N4O6/c46-45(47,48)38-10-4-3-9-31(38)26-51(32-12-14-34(53)15-13-32)44(55)37-22-40(50-16-6-5-11-39(37)50)35-23-41-42(58-28-57-41)24-36(35)43(54)52-25-30-8-2-1-7-29(30)21-33(52)27-49-17-19-56-20-18-49/h1-4,7-10,12-15,22-24,33,53H,5-6,11,16-21,25-28H2. The first-order valence-corrected chi connectivity index (χ1v) is 19.7. The summed E-state index contributed by atoms with van der Waals surface area (Å²) in [6.45, 7) is 4.17. The predicted octanol–water partition coefficient (Wildman–Crippen LogP) is 7.69. The average molecular weight is 793 g/mol. The Kier molecular flexibility index (Phi) is 10.1. The lowest BCUT2D eigenvalue weighted by atomic mass is 9.92. The third-order valence-electron chi connectivity index (χ3n) is 11.8. The SMILES string of the molecule is O=C(c1cc(-c2cc3c(cc2C(=O)N2Cc4ccccc4CC2CN2CCOCC2)OCO3)n2c1CCCC2)N(Cc1ccccc1C(F)(F)F)c1ccc(O)cc1. The zero-order valence-electron chi connectivity index (χ0n) is 31.8. The molecule has 0 aliphatic carbocycles. The molecule has 1 N–H and O–H groups in total. The first-order valence-electron chi connectivity index (χ1n) is 19.7. The van der Waals surface area contributed by atoms with E-state index in [1.54, 1.807) is 12.1 Å². The maximum absolute atomic E-state index is 15.2. The number of aromatic nitrogens is 1. The van der Waals surface area contributed by atoms with Crippen LogP contribution in [-0.2, 0) is 43.4 Å². The Labute approximate surface area is 333 Å². The molecule has 1 atom stereocenters. The van der Waals surface area contributed by atoms with Crippen LogP contribution in [0.25, 0.3) is 11.3 Å². The summed E-state index contributed by atoms with van der Waals surface area (Å²) >= 11 is 0. The number of anilines is 1. The highest BCUT2D eigenvalue weighted by atomic mass is 19.4. The van der Waals surface area contributed by atoms with Crippen molar-refractivity contribution in [3.8, 4) is 28.5 Å². The first kappa shape index (κ1) is 37.8. The van der Waals surface area contributed by atoms with Crippen LogP contribution in [-0.4, -0.2) is 77.0 Å². The average Bonchev–Trinajstić information content (AvgIpc) is 3.87.